The molecule has 4 nitrogen and oxygen atoms in total. The van der Waals surface area contributed by atoms with E-state index in [0.717, 1.165) is 25.8 Å². The number of hydrogen-bond acceptors (Lipinski definition) is 2. The topological polar surface area (TPSA) is 40.6 Å². The Morgan fingerprint density at radius 1 is 1.11 bits per heavy atom. The maximum absolute atomic E-state index is 12.5. The number of fused-ring (bicyclic) bond motifs is 1. The molecule has 0 bridgehead atoms. The standard InChI is InChI=1S/C14H22N2O2/c1-10(11-5-4-6-11)16-9-13(17)15-8-3-2-7-12(15)14(16)18/h10-12H,2-9H2,1H3. The summed E-state index contributed by atoms with van der Waals surface area (Å²) >= 11 is 0. The van der Waals surface area contributed by atoms with Crippen LogP contribution in [0.25, 0.3) is 0 Å². The molecule has 0 radical (unpaired) electrons. The summed E-state index contributed by atoms with van der Waals surface area (Å²) in [6.07, 6.45) is 6.69. The molecule has 100 valence electrons. The first-order valence-corrected chi connectivity index (χ1v) is 7.28. The van der Waals surface area contributed by atoms with Crippen LogP contribution in [0.1, 0.15) is 45.4 Å². The summed E-state index contributed by atoms with van der Waals surface area (Å²) in [5.41, 5.74) is 0. The van der Waals surface area contributed by atoms with Gasteiger partial charge in [-0.1, -0.05) is 6.42 Å². The van der Waals surface area contributed by atoms with Crippen molar-refractivity contribution in [3.8, 4) is 0 Å². The van der Waals surface area contributed by atoms with Gasteiger partial charge in [-0.2, -0.15) is 0 Å². The van der Waals surface area contributed by atoms with E-state index in [9.17, 15) is 9.59 Å². The third-order valence-corrected chi connectivity index (χ3v) is 5.02. The molecule has 2 heterocycles. The van der Waals surface area contributed by atoms with Gasteiger partial charge in [-0.3, -0.25) is 9.59 Å². The Morgan fingerprint density at radius 3 is 2.56 bits per heavy atom. The fourth-order valence-electron chi connectivity index (χ4n) is 3.51. The highest BCUT2D eigenvalue weighted by Gasteiger charge is 2.43. The fraction of sp³-hybridized carbons (Fsp3) is 0.857. The smallest absolute Gasteiger partial charge is 0.246 e. The van der Waals surface area contributed by atoms with E-state index in [0.29, 0.717) is 12.5 Å². The van der Waals surface area contributed by atoms with Gasteiger partial charge in [0.1, 0.15) is 12.6 Å². The molecule has 2 atom stereocenters. The molecule has 3 rings (SSSR count). The van der Waals surface area contributed by atoms with Crippen molar-refractivity contribution in [3.05, 3.63) is 0 Å². The summed E-state index contributed by atoms with van der Waals surface area (Å²) in [5.74, 6) is 0.982. The fourth-order valence-corrected chi connectivity index (χ4v) is 3.51. The zero-order valence-corrected chi connectivity index (χ0v) is 11.1. The van der Waals surface area contributed by atoms with Crippen molar-refractivity contribution in [2.24, 2.45) is 5.92 Å². The number of carbonyl (C=O) groups is 2. The molecular formula is C14H22N2O2. The van der Waals surface area contributed by atoms with E-state index < -0.39 is 0 Å². The Labute approximate surface area is 108 Å². The molecular weight excluding hydrogens is 228 g/mol. The van der Waals surface area contributed by atoms with E-state index in [1.807, 2.05) is 9.80 Å². The molecule has 0 aromatic rings. The van der Waals surface area contributed by atoms with E-state index >= 15 is 0 Å². The number of hydrogen-bond donors (Lipinski definition) is 0. The highest BCUT2D eigenvalue weighted by atomic mass is 16.2. The number of carbonyl (C=O) groups excluding carboxylic acids is 2. The number of amides is 2. The summed E-state index contributed by atoms with van der Waals surface area (Å²) in [4.78, 5) is 28.3. The highest BCUT2D eigenvalue weighted by molar-refractivity contribution is 5.95. The molecule has 2 unspecified atom stereocenters. The maximum atomic E-state index is 12.5. The molecule has 1 saturated carbocycles. The number of nitrogens with zero attached hydrogens (tertiary/aromatic N) is 2. The van der Waals surface area contributed by atoms with Gasteiger partial charge in [0.2, 0.25) is 11.8 Å². The molecule has 1 aliphatic carbocycles. The molecule has 0 aromatic carbocycles. The second-order valence-corrected chi connectivity index (χ2v) is 6.00. The SMILES string of the molecule is CC(C1CCC1)N1CC(=O)N2CCCCC2C1=O. The van der Waals surface area contributed by atoms with E-state index in [-0.39, 0.29) is 23.9 Å². The number of rotatable bonds is 2. The molecule has 0 N–H and O–H groups in total. The first-order chi connectivity index (χ1) is 8.68. The van der Waals surface area contributed by atoms with Gasteiger partial charge in [-0.05, 0) is 44.9 Å². The first-order valence-electron chi connectivity index (χ1n) is 7.28. The van der Waals surface area contributed by atoms with Crippen molar-refractivity contribution < 1.29 is 9.59 Å². The van der Waals surface area contributed by atoms with E-state index in [4.69, 9.17) is 0 Å². The van der Waals surface area contributed by atoms with Crippen LogP contribution in [0, 0.1) is 5.92 Å². The van der Waals surface area contributed by atoms with Gasteiger partial charge in [-0.15, -0.1) is 0 Å². The average Bonchev–Trinajstić information content (AvgIpc) is 2.31. The summed E-state index contributed by atoms with van der Waals surface area (Å²) in [6, 6.07) is 0.0989. The van der Waals surface area contributed by atoms with Crippen molar-refractivity contribution in [2.45, 2.75) is 57.5 Å². The quantitative estimate of drug-likeness (QED) is 0.743. The minimum absolute atomic E-state index is 0.150. The van der Waals surface area contributed by atoms with E-state index in [1.54, 1.807) is 0 Å². The van der Waals surface area contributed by atoms with Gasteiger partial charge < -0.3 is 9.80 Å². The van der Waals surface area contributed by atoms with Gasteiger partial charge in [0.25, 0.3) is 0 Å². The highest BCUT2D eigenvalue weighted by Crippen LogP contribution is 2.34. The summed E-state index contributed by atoms with van der Waals surface area (Å²) < 4.78 is 0. The van der Waals surface area contributed by atoms with Gasteiger partial charge in [0.15, 0.2) is 0 Å². The minimum Gasteiger partial charge on any atom is -0.329 e. The molecule has 2 amide bonds. The third kappa shape index (κ3) is 1.82. The van der Waals surface area contributed by atoms with Crippen LogP contribution in [0.4, 0.5) is 0 Å². The minimum atomic E-state index is -0.150. The van der Waals surface area contributed by atoms with Crippen molar-refractivity contribution >= 4 is 11.8 Å². The average molecular weight is 250 g/mol. The van der Waals surface area contributed by atoms with Crippen LogP contribution in [0.2, 0.25) is 0 Å². The van der Waals surface area contributed by atoms with Crippen LogP contribution in [0.3, 0.4) is 0 Å². The van der Waals surface area contributed by atoms with Crippen molar-refractivity contribution in [2.75, 3.05) is 13.1 Å². The molecule has 3 aliphatic rings. The number of piperidine rings is 1. The van der Waals surface area contributed by atoms with E-state index in [1.165, 1.54) is 19.3 Å². The van der Waals surface area contributed by atoms with Gasteiger partial charge in [0.05, 0.1) is 0 Å². The van der Waals surface area contributed by atoms with Gasteiger partial charge in [-0.25, -0.2) is 0 Å². The van der Waals surface area contributed by atoms with Crippen LogP contribution in [-0.2, 0) is 9.59 Å². The lowest BCUT2D eigenvalue weighted by Crippen LogP contribution is -2.64. The van der Waals surface area contributed by atoms with Crippen molar-refractivity contribution in [1.29, 1.82) is 0 Å². The monoisotopic (exact) mass is 250 g/mol. The zero-order chi connectivity index (χ0) is 12.7. The second-order valence-electron chi connectivity index (χ2n) is 6.00. The summed E-state index contributed by atoms with van der Waals surface area (Å²) in [7, 11) is 0. The van der Waals surface area contributed by atoms with Crippen LogP contribution in [0.15, 0.2) is 0 Å². The summed E-state index contributed by atoms with van der Waals surface area (Å²) in [5, 5.41) is 0. The molecule has 2 saturated heterocycles. The molecule has 3 fully saturated rings. The lowest BCUT2D eigenvalue weighted by molar-refractivity contribution is -0.161. The predicted molar refractivity (Wildman–Crippen MR) is 67.9 cm³/mol. The Balaban J connectivity index is 1.75. The lowest BCUT2D eigenvalue weighted by Gasteiger charge is -2.47. The largest absolute Gasteiger partial charge is 0.329 e. The third-order valence-electron chi connectivity index (χ3n) is 5.02. The summed E-state index contributed by atoms with van der Waals surface area (Å²) in [6.45, 7) is 3.21. The molecule has 0 spiro atoms. The Morgan fingerprint density at radius 2 is 1.89 bits per heavy atom. The van der Waals surface area contributed by atoms with Crippen LogP contribution in [-0.4, -0.2) is 46.8 Å². The van der Waals surface area contributed by atoms with Crippen LogP contribution < -0.4 is 0 Å². The predicted octanol–water partition coefficient (Wildman–Crippen LogP) is 1.40. The number of piperazine rings is 1. The second kappa shape index (κ2) is 4.56. The first kappa shape index (κ1) is 12.0. The van der Waals surface area contributed by atoms with Gasteiger partial charge >= 0.3 is 0 Å². The molecule has 2 aliphatic heterocycles. The van der Waals surface area contributed by atoms with Crippen LogP contribution in [0.5, 0.6) is 0 Å². The lowest BCUT2D eigenvalue weighted by atomic mass is 9.79. The van der Waals surface area contributed by atoms with Crippen LogP contribution >= 0.6 is 0 Å². The Bertz CT molecular complexity index is 365. The van der Waals surface area contributed by atoms with E-state index in [2.05, 4.69) is 6.92 Å². The van der Waals surface area contributed by atoms with Crippen molar-refractivity contribution in [1.82, 2.24) is 9.80 Å². The molecule has 18 heavy (non-hydrogen) atoms. The van der Waals surface area contributed by atoms with Gasteiger partial charge in [0, 0.05) is 12.6 Å². The zero-order valence-electron chi connectivity index (χ0n) is 11.1. The molecule has 0 aromatic heterocycles. The Kier molecular flexibility index (Phi) is 3.04. The normalized spacial score (nSPS) is 31.1. The maximum Gasteiger partial charge on any atom is 0.246 e. The van der Waals surface area contributed by atoms with Crippen molar-refractivity contribution in [3.63, 3.8) is 0 Å². The molecule has 4 heteroatoms. The Hall–Kier alpha value is -1.06.